The summed E-state index contributed by atoms with van der Waals surface area (Å²) in [6.45, 7) is 3.87. The fourth-order valence-corrected chi connectivity index (χ4v) is 1.66. The average Bonchev–Trinajstić information content (AvgIpc) is 2.37. The van der Waals surface area contributed by atoms with Gasteiger partial charge in [0.2, 0.25) is 5.91 Å². The number of hydrogen-bond acceptors (Lipinski definition) is 4. The van der Waals surface area contributed by atoms with Gasteiger partial charge in [0.1, 0.15) is 5.75 Å². The zero-order valence-electron chi connectivity index (χ0n) is 11.6. The number of carbonyl (C=O) groups excluding carboxylic acids is 1. The van der Waals surface area contributed by atoms with E-state index in [4.69, 9.17) is 9.84 Å². The molecule has 2 N–H and O–H groups in total. The van der Waals surface area contributed by atoms with Gasteiger partial charge in [-0.25, -0.2) is 0 Å². The maximum Gasteiger partial charge on any atom is 0.234 e. The summed E-state index contributed by atoms with van der Waals surface area (Å²) >= 11 is 0. The second-order valence-corrected chi connectivity index (χ2v) is 4.32. The second kappa shape index (κ2) is 8.50. The van der Waals surface area contributed by atoms with Crippen LogP contribution in [0.15, 0.2) is 24.3 Å². The highest BCUT2D eigenvalue weighted by Crippen LogP contribution is 2.12. The summed E-state index contributed by atoms with van der Waals surface area (Å²) in [5, 5.41) is 11.6. The first-order chi connectivity index (χ1) is 9.15. The molecular formula is C14H22N2O3. The van der Waals surface area contributed by atoms with Gasteiger partial charge < -0.3 is 15.2 Å². The second-order valence-electron chi connectivity index (χ2n) is 4.32. The number of carbonyl (C=O) groups is 1. The molecule has 0 bridgehead atoms. The van der Waals surface area contributed by atoms with E-state index in [2.05, 4.69) is 5.32 Å². The minimum atomic E-state index is -0.0576. The Kier molecular flexibility index (Phi) is 6.92. The van der Waals surface area contributed by atoms with E-state index in [0.29, 0.717) is 19.7 Å². The molecule has 5 heteroatoms. The first-order valence-electron chi connectivity index (χ1n) is 6.43. The molecule has 0 unspecified atom stereocenters. The van der Waals surface area contributed by atoms with Gasteiger partial charge in [-0.15, -0.1) is 0 Å². The summed E-state index contributed by atoms with van der Waals surface area (Å²) in [5.41, 5.74) is 1.00. The van der Waals surface area contributed by atoms with Gasteiger partial charge in [0.15, 0.2) is 0 Å². The van der Waals surface area contributed by atoms with Crippen LogP contribution >= 0.6 is 0 Å². The van der Waals surface area contributed by atoms with Gasteiger partial charge in [0, 0.05) is 13.1 Å². The number of rotatable bonds is 8. The third kappa shape index (κ3) is 6.22. The van der Waals surface area contributed by atoms with Crippen LogP contribution in [0.3, 0.4) is 0 Å². The normalized spacial score (nSPS) is 10.5. The van der Waals surface area contributed by atoms with Crippen LogP contribution < -0.4 is 10.1 Å². The number of nitrogens with zero attached hydrogens (tertiary/aromatic N) is 1. The fourth-order valence-electron chi connectivity index (χ4n) is 1.66. The number of nitrogens with one attached hydrogen (secondary N) is 1. The fraction of sp³-hybridized carbons (Fsp3) is 0.500. The Hall–Kier alpha value is -1.59. The maximum absolute atomic E-state index is 11.6. The van der Waals surface area contributed by atoms with E-state index < -0.39 is 0 Å². The van der Waals surface area contributed by atoms with Crippen molar-refractivity contribution in [1.29, 1.82) is 0 Å². The van der Waals surface area contributed by atoms with Crippen LogP contribution in [0.5, 0.6) is 5.75 Å². The molecule has 5 nitrogen and oxygen atoms in total. The highest BCUT2D eigenvalue weighted by Gasteiger charge is 2.05. The first-order valence-corrected chi connectivity index (χ1v) is 6.43. The molecule has 106 valence electrons. The number of aliphatic hydroxyl groups excluding tert-OH is 1. The molecule has 1 amide bonds. The summed E-state index contributed by atoms with van der Waals surface area (Å²) in [5.74, 6) is 0.754. The minimum absolute atomic E-state index is 0.0557. The van der Waals surface area contributed by atoms with E-state index >= 15 is 0 Å². The largest absolute Gasteiger partial charge is 0.494 e. The Bertz CT molecular complexity index is 396. The summed E-state index contributed by atoms with van der Waals surface area (Å²) in [4.78, 5) is 13.4. The predicted octanol–water partition coefficient (Wildman–Crippen LogP) is 0.626. The van der Waals surface area contributed by atoms with Gasteiger partial charge in [-0.1, -0.05) is 12.1 Å². The lowest BCUT2D eigenvalue weighted by atomic mass is 10.2. The standard InChI is InChI=1S/C14H22N2O3/c1-3-19-13-6-4-5-12(9-13)10-15-14(18)11-16(2)7-8-17/h4-6,9,17H,3,7-8,10-11H2,1-2H3,(H,15,18). The van der Waals surface area contributed by atoms with Gasteiger partial charge in [-0.3, -0.25) is 9.69 Å². The van der Waals surface area contributed by atoms with Crippen LogP contribution in [0.1, 0.15) is 12.5 Å². The molecule has 0 heterocycles. The molecule has 0 fully saturated rings. The Balaban J connectivity index is 2.39. The SMILES string of the molecule is CCOc1cccc(CNC(=O)CN(C)CCO)c1. The van der Waals surface area contributed by atoms with Crippen LogP contribution in [0.25, 0.3) is 0 Å². The van der Waals surface area contributed by atoms with Gasteiger partial charge in [-0.2, -0.15) is 0 Å². The van der Waals surface area contributed by atoms with E-state index in [-0.39, 0.29) is 19.1 Å². The third-order valence-electron chi connectivity index (χ3n) is 2.59. The van der Waals surface area contributed by atoms with Crippen LogP contribution in [-0.4, -0.2) is 49.3 Å². The Labute approximate surface area is 114 Å². The van der Waals surface area contributed by atoms with Crippen molar-refractivity contribution < 1.29 is 14.6 Å². The van der Waals surface area contributed by atoms with Gasteiger partial charge in [0.25, 0.3) is 0 Å². The first kappa shape index (κ1) is 15.5. The molecule has 1 aromatic rings. The molecule has 0 saturated heterocycles. The number of aliphatic hydroxyl groups is 1. The molecule has 0 radical (unpaired) electrons. The maximum atomic E-state index is 11.6. The third-order valence-corrected chi connectivity index (χ3v) is 2.59. The number of hydrogen-bond donors (Lipinski definition) is 2. The lowest BCUT2D eigenvalue weighted by molar-refractivity contribution is -0.122. The molecule has 0 atom stereocenters. The van der Waals surface area contributed by atoms with Gasteiger partial charge >= 0.3 is 0 Å². The molecule has 1 rings (SSSR count). The molecule has 19 heavy (non-hydrogen) atoms. The van der Waals surface area contributed by atoms with E-state index in [1.54, 1.807) is 11.9 Å². The van der Waals surface area contributed by atoms with Crippen LogP contribution in [0.4, 0.5) is 0 Å². The Morgan fingerprint density at radius 3 is 2.95 bits per heavy atom. The summed E-state index contributed by atoms with van der Waals surface area (Å²) in [6, 6.07) is 7.66. The van der Waals surface area contributed by atoms with Gasteiger partial charge in [-0.05, 0) is 31.7 Å². The van der Waals surface area contributed by atoms with Crippen molar-refractivity contribution in [2.24, 2.45) is 0 Å². The van der Waals surface area contributed by atoms with Crippen LogP contribution in [-0.2, 0) is 11.3 Å². The Morgan fingerprint density at radius 2 is 2.26 bits per heavy atom. The zero-order valence-corrected chi connectivity index (χ0v) is 11.6. The number of ether oxygens (including phenoxy) is 1. The summed E-state index contributed by atoms with van der Waals surface area (Å²) in [7, 11) is 1.80. The van der Waals surface area contributed by atoms with Crippen LogP contribution in [0, 0.1) is 0 Å². The lowest BCUT2D eigenvalue weighted by Crippen LogP contribution is -2.36. The minimum Gasteiger partial charge on any atom is -0.494 e. The van der Waals surface area contributed by atoms with Crippen molar-refractivity contribution in [3.05, 3.63) is 29.8 Å². The summed E-state index contributed by atoms with van der Waals surface area (Å²) in [6.07, 6.45) is 0. The van der Waals surface area contributed by atoms with Crippen molar-refractivity contribution in [2.45, 2.75) is 13.5 Å². The van der Waals surface area contributed by atoms with E-state index in [0.717, 1.165) is 11.3 Å². The summed E-state index contributed by atoms with van der Waals surface area (Å²) < 4.78 is 5.40. The van der Waals surface area contributed by atoms with E-state index in [9.17, 15) is 4.79 Å². The molecule has 0 saturated carbocycles. The zero-order chi connectivity index (χ0) is 14.1. The molecule has 1 aromatic carbocycles. The van der Waals surface area contributed by atoms with E-state index in [1.807, 2.05) is 31.2 Å². The number of likely N-dealkylation sites (N-methyl/N-ethyl adjacent to an activating group) is 1. The Morgan fingerprint density at radius 1 is 1.47 bits per heavy atom. The molecule has 0 aliphatic heterocycles. The number of benzene rings is 1. The predicted molar refractivity (Wildman–Crippen MR) is 74.0 cm³/mol. The highest BCUT2D eigenvalue weighted by atomic mass is 16.5. The van der Waals surface area contributed by atoms with Crippen molar-refractivity contribution in [2.75, 3.05) is 33.4 Å². The average molecular weight is 266 g/mol. The monoisotopic (exact) mass is 266 g/mol. The van der Waals surface area contributed by atoms with Crippen molar-refractivity contribution >= 4 is 5.91 Å². The van der Waals surface area contributed by atoms with Crippen molar-refractivity contribution in [3.63, 3.8) is 0 Å². The van der Waals surface area contributed by atoms with Crippen molar-refractivity contribution in [1.82, 2.24) is 10.2 Å². The van der Waals surface area contributed by atoms with Crippen molar-refractivity contribution in [3.8, 4) is 5.75 Å². The molecule has 0 aliphatic rings. The lowest BCUT2D eigenvalue weighted by Gasteiger charge is -2.14. The molecular weight excluding hydrogens is 244 g/mol. The quantitative estimate of drug-likeness (QED) is 0.724. The smallest absolute Gasteiger partial charge is 0.234 e. The molecule has 0 aromatic heterocycles. The van der Waals surface area contributed by atoms with Gasteiger partial charge in [0.05, 0.1) is 19.8 Å². The number of amides is 1. The van der Waals surface area contributed by atoms with Crippen LogP contribution in [0.2, 0.25) is 0 Å². The molecule has 0 spiro atoms. The molecule has 0 aliphatic carbocycles. The highest BCUT2D eigenvalue weighted by molar-refractivity contribution is 5.77. The van der Waals surface area contributed by atoms with E-state index in [1.165, 1.54) is 0 Å². The topological polar surface area (TPSA) is 61.8 Å².